The largest absolute Gasteiger partial charge is 0.468 e. The molecule has 0 saturated heterocycles. The predicted molar refractivity (Wildman–Crippen MR) is 104 cm³/mol. The lowest BCUT2D eigenvalue weighted by Crippen LogP contribution is -2.22. The minimum absolute atomic E-state index is 0.00861. The quantitative estimate of drug-likeness (QED) is 0.488. The fourth-order valence-electron chi connectivity index (χ4n) is 3.02. The van der Waals surface area contributed by atoms with Gasteiger partial charge in [-0.25, -0.2) is 18.6 Å². The summed E-state index contributed by atoms with van der Waals surface area (Å²) in [6.07, 6.45) is 1.75. The second kappa shape index (κ2) is 7.97. The van der Waals surface area contributed by atoms with Crippen molar-refractivity contribution >= 4 is 15.9 Å². The van der Waals surface area contributed by atoms with Crippen LogP contribution in [0.4, 0.5) is 0 Å². The second-order valence-electron chi connectivity index (χ2n) is 6.27. The summed E-state index contributed by atoms with van der Waals surface area (Å²) in [6.45, 7) is 0. The van der Waals surface area contributed by atoms with E-state index in [2.05, 4.69) is 0 Å². The first-order valence-corrected chi connectivity index (χ1v) is 10.1. The van der Waals surface area contributed by atoms with E-state index in [4.69, 9.17) is 9.56 Å². The van der Waals surface area contributed by atoms with Crippen LogP contribution in [-0.2, 0) is 21.2 Å². The molecule has 1 aromatic heterocycles. The molecule has 1 amide bonds. The van der Waals surface area contributed by atoms with E-state index in [1.165, 1.54) is 19.4 Å². The van der Waals surface area contributed by atoms with Gasteiger partial charge in [0, 0.05) is 36.6 Å². The number of hydroxylamine groups is 2. The summed E-state index contributed by atoms with van der Waals surface area (Å²) >= 11 is 0. The Kier molecular flexibility index (Phi) is 5.64. The van der Waals surface area contributed by atoms with Gasteiger partial charge in [-0.05, 0) is 11.6 Å². The van der Waals surface area contributed by atoms with Gasteiger partial charge in [0.05, 0.1) is 11.2 Å². The van der Waals surface area contributed by atoms with Crippen LogP contribution in [0.2, 0.25) is 0 Å². The molecule has 0 fully saturated rings. The lowest BCUT2D eigenvalue weighted by molar-refractivity contribution is -0.159. The number of nitrogens with zero attached hydrogens (tertiary/aromatic N) is 1. The van der Waals surface area contributed by atoms with Gasteiger partial charge in [-0.3, -0.25) is 10.0 Å². The highest BCUT2D eigenvalue weighted by atomic mass is 32.2. The molecule has 1 heterocycles. The Morgan fingerprint density at radius 1 is 1.07 bits per heavy atom. The van der Waals surface area contributed by atoms with E-state index in [9.17, 15) is 18.4 Å². The number of benzene rings is 2. The molecule has 0 saturated carbocycles. The number of rotatable bonds is 6. The maximum atomic E-state index is 12.0. The van der Waals surface area contributed by atoms with Gasteiger partial charge in [0.15, 0.2) is 0 Å². The molecule has 0 bridgehead atoms. The van der Waals surface area contributed by atoms with Crippen molar-refractivity contribution in [1.29, 1.82) is 0 Å². The molecule has 0 radical (unpaired) electrons. The van der Waals surface area contributed by atoms with Crippen LogP contribution < -0.4 is 5.14 Å². The van der Waals surface area contributed by atoms with Gasteiger partial charge in [-0.15, -0.1) is 0 Å². The molecule has 2 aromatic carbocycles. The summed E-state index contributed by atoms with van der Waals surface area (Å²) in [5, 5.41) is 15.2. The molecule has 0 atom stereocenters. The van der Waals surface area contributed by atoms with Crippen molar-refractivity contribution in [2.24, 2.45) is 5.14 Å². The molecule has 0 aliphatic carbocycles. The van der Waals surface area contributed by atoms with Crippen molar-refractivity contribution in [3.05, 3.63) is 66.6 Å². The van der Waals surface area contributed by atoms with Crippen molar-refractivity contribution in [3.8, 4) is 22.3 Å². The van der Waals surface area contributed by atoms with Crippen molar-refractivity contribution in [1.82, 2.24) is 5.06 Å². The van der Waals surface area contributed by atoms with Gasteiger partial charge in [0.2, 0.25) is 15.9 Å². The zero-order valence-corrected chi connectivity index (χ0v) is 16.0. The maximum absolute atomic E-state index is 12.0. The van der Waals surface area contributed by atoms with E-state index < -0.39 is 15.9 Å². The highest BCUT2D eigenvalue weighted by Crippen LogP contribution is 2.39. The number of nitrogens with two attached hydrogens (primary N) is 1. The minimum Gasteiger partial charge on any atom is -0.468 e. The maximum Gasteiger partial charge on any atom is 0.246 e. The van der Waals surface area contributed by atoms with E-state index in [0.29, 0.717) is 27.5 Å². The number of amides is 1. The Bertz CT molecular complexity index is 1090. The van der Waals surface area contributed by atoms with Gasteiger partial charge in [0.1, 0.15) is 5.76 Å². The van der Waals surface area contributed by atoms with E-state index in [0.717, 1.165) is 5.56 Å². The molecule has 28 heavy (non-hydrogen) atoms. The highest BCUT2D eigenvalue weighted by molar-refractivity contribution is 7.89. The van der Waals surface area contributed by atoms with E-state index in [-0.39, 0.29) is 17.7 Å². The number of hydrogen-bond acceptors (Lipinski definition) is 5. The molecule has 8 heteroatoms. The van der Waals surface area contributed by atoms with E-state index >= 15 is 0 Å². The van der Waals surface area contributed by atoms with Crippen molar-refractivity contribution in [2.45, 2.75) is 17.7 Å². The van der Waals surface area contributed by atoms with Crippen LogP contribution in [-0.4, -0.2) is 31.6 Å². The second-order valence-corrected chi connectivity index (χ2v) is 7.80. The lowest BCUT2D eigenvalue weighted by atomic mass is 9.95. The molecule has 3 aromatic rings. The molecular weight excluding hydrogens is 380 g/mol. The Balaban J connectivity index is 2.15. The summed E-state index contributed by atoms with van der Waals surface area (Å²) in [5.41, 5.74) is 2.49. The molecule has 0 unspecified atom stereocenters. The fourth-order valence-corrected chi connectivity index (χ4v) is 3.77. The van der Waals surface area contributed by atoms with Crippen molar-refractivity contribution in [3.63, 3.8) is 0 Å². The topological polar surface area (TPSA) is 114 Å². The van der Waals surface area contributed by atoms with Crippen LogP contribution in [0, 0.1) is 0 Å². The lowest BCUT2D eigenvalue weighted by Gasteiger charge is -2.11. The zero-order valence-electron chi connectivity index (χ0n) is 15.2. The fraction of sp³-hybridized carbons (Fsp3) is 0.150. The smallest absolute Gasteiger partial charge is 0.246 e. The average Bonchev–Trinajstić information content (AvgIpc) is 3.09. The standard InChI is InChI=1S/C20H20N2O5S/c1-22(24)19(23)12-11-17-20(14-7-3-2-4-8-14)16(13-27-17)15-9-5-6-10-18(15)28(21,25)26/h2-10,13,24H,11-12H2,1H3,(H2,21,25,26). The van der Waals surface area contributed by atoms with Crippen molar-refractivity contribution in [2.75, 3.05) is 7.05 Å². The van der Waals surface area contributed by atoms with Crippen LogP contribution in [0.25, 0.3) is 22.3 Å². The number of aryl methyl sites for hydroxylation is 1. The number of carbonyl (C=O) groups is 1. The van der Waals surface area contributed by atoms with Crippen LogP contribution >= 0.6 is 0 Å². The Hall–Kier alpha value is -2.94. The van der Waals surface area contributed by atoms with Gasteiger partial charge >= 0.3 is 0 Å². The third-order valence-corrected chi connectivity index (χ3v) is 5.31. The van der Waals surface area contributed by atoms with Gasteiger partial charge in [-0.2, -0.15) is 0 Å². The highest BCUT2D eigenvalue weighted by Gasteiger charge is 2.23. The van der Waals surface area contributed by atoms with Crippen LogP contribution in [0.1, 0.15) is 12.2 Å². The molecule has 3 rings (SSSR count). The van der Waals surface area contributed by atoms with Crippen molar-refractivity contribution < 1.29 is 22.8 Å². The average molecular weight is 400 g/mol. The number of furan rings is 1. The van der Waals surface area contributed by atoms with Gasteiger partial charge in [-0.1, -0.05) is 48.5 Å². The molecule has 146 valence electrons. The number of hydrogen-bond donors (Lipinski definition) is 2. The third kappa shape index (κ3) is 4.14. The Labute approximate surface area is 163 Å². The summed E-state index contributed by atoms with van der Waals surface area (Å²) in [4.78, 5) is 11.8. The summed E-state index contributed by atoms with van der Waals surface area (Å²) < 4.78 is 29.8. The number of carbonyl (C=O) groups excluding carboxylic acids is 1. The normalized spacial score (nSPS) is 11.4. The molecule has 3 N–H and O–H groups in total. The summed E-state index contributed by atoms with van der Waals surface area (Å²) in [6, 6.07) is 15.7. The molecule has 0 spiro atoms. The Morgan fingerprint density at radius 2 is 1.71 bits per heavy atom. The summed E-state index contributed by atoms with van der Waals surface area (Å²) in [5.74, 6) is 0.0579. The Morgan fingerprint density at radius 3 is 2.36 bits per heavy atom. The zero-order chi connectivity index (χ0) is 20.3. The first kappa shape index (κ1) is 19.8. The molecule has 7 nitrogen and oxygen atoms in total. The predicted octanol–water partition coefficient (Wildman–Crippen LogP) is 3.04. The van der Waals surface area contributed by atoms with Crippen LogP contribution in [0.5, 0.6) is 0 Å². The summed E-state index contributed by atoms with van der Waals surface area (Å²) in [7, 11) is -2.68. The molecule has 0 aliphatic heterocycles. The van der Waals surface area contributed by atoms with Crippen LogP contribution in [0.15, 0.2) is 70.2 Å². The van der Waals surface area contributed by atoms with E-state index in [1.54, 1.807) is 18.2 Å². The van der Waals surface area contributed by atoms with Gasteiger partial charge < -0.3 is 4.42 Å². The minimum atomic E-state index is -3.94. The first-order valence-electron chi connectivity index (χ1n) is 8.52. The monoisotopic (exact) mass is 400 g/mol. The molecule has 0 aliphatic rings. The van der Waals surface area contributed by atoms with Crippen LogP contribution in [0.3, 0.4) is 0 Å². The van der Waals surface area contributed by atoms with E-state index in [1.807, 2.05) is 30.3 Å². The first-order chi connectivity index (χ1) is 13.3. The molecular formula is C20H20N2O5S. The third-order valence-electron chi connectivity index (χ3n) is 4.34. The SMILES string of the molecule is CN(O)C(=O)CCc1occ(-c2ccccc2S(N)(=O)=O)c1-c1ccccc1. The number of sulfonamides is 1. The van der Waals surface area contributed by atoms with Gasteiger partial charge in [0.25, 0.3) is 0 Å². The number of primary sulfonamides is 1.